The van der Waals surface area contributed by atoms with Crippen LogP contribution >= 0.6 is 0 Å². The van der Waals surface area contributed by atoms with E-state index in [1.807, 2.05) is 0 Å². The normalized spacial score (nSPS) is 12.8. The second-order valence-electron chi connectivity index (χ2n) is 4.99. The number of nitrogens with zero attached hydrogens (tertiary/aromatic N) is 1. The molecule has 0 aliphatic rings. The third-order valence-corrected chi connectivity index (χ3v) is 3.22. The van der Waals surface area contributed by atoms with Crippen molar-refractivity contribution in [1.29, 1.82) is 0 Å². The summed E-state index contributed by atoms with van der Waals surface area (Å²) >= 11 is 0. The first-order valence-corrected chi connectivity index (χ1v) is 6.53. The molecule has 0 spiro atoms. The standard InChI is InChI=1S/C15H26N2O/c1-7-16-10-14(17(4)5)13-9-11(2)8-12(3)15(13)18-6/h8-9,14,16H,7,10H2,1-6H3. The van der Waals surface area contributed by atoms with E-state index >= 15 is 0 Å². The Morgan fingerprint density at radius 2 is 1.94 bits per heavy atom. The summed E-state index contributed by atoms with van der Waals surface area (Å²) in [5.41, 5.74) is 3.75. The summed E-state index contributed by atoms with van der Waals surface area (Å²) in [4.78, 5) is 2.24. The summed E-state index contributed by atoms with van der Waals surface area (Å²) < 4.78 is 5.59. The van der Waals surface area contributed by atoms with Gasteiger partial charge in [-0.05, 0) is 40.1 Å². The van der Waals surface area contributed by atoms with Crippen LogP contribution in [0.3, 0.4) is 0 Å². The van der Waals surface area contributed by atoms with Crippen LogP contribution in [0.4, 0.5) is 0 Å². The third kappa shape index (κ3) is 3.47. The van der Waals surface area contributed by atoms with Crippen molar-refractivity contribution in [2.24, 2.45) is 0 Å². The fourth-order valence-electron chi connectivity index (χ4n) is 2.37. The summed E-state index contributed by atoms with van der Waals surface area (Å²) in [6.45, 7) is 8.29. The first-order valence-electron chi connectivity index (χ1n) is 6.53. The van der Waals surface area contributed by atoms with Gasteiger partial charge in [0, 0.05) is 12.1 Å². The highest BCUT2D eigenvalue weighted by molar-refractivity contribution is 5.45. The van der Waals surface area contributed by atoms with Crippen molar-refractivity contribution in [1.82, 2.24) is 10.2 Å². The lowest BCUT2D eigenvalue weighted by molar-refractivity contribution is 0.280. The quantitative estimate of drug-likeness (QED) is 0.839. The Balaban J connectivity index is 3.17. The first-order chi connectivity index (χ1) is 8.51. The molecule has 3 nitrogen and oxygen atoms in total. The van der Waals surface area contributed by atoms with Crippen molar-refractivity contribution in [2.45, 2.75) is 26.8 Å². The molecule has 0 bridgehead atoms. The van der Waals surface area contributed by atoms with Crippen molar-refractivity contribution < 1.29 is 4.74 Å². The van der Waals surface area contributed by atoms with Crippen LogP contribution < -0.4 is 10.1 Å². The molecule has 0 aromatic heterocycles. The molecular formula is C15H26N2O. The molecule has 0 radical (unpaired) electrons. The van der Waals surface area contributed by atoms with Gasteiger partial charge >= 0.3 is 0 Å². The molecule has 102 valence electrons. The van der Waals surface area contributed by atoms with E-state index in [-0.39, 0.29) is 0 Å². The number of hydrogen-bond acceptors (Lipinski definition) is 3. The van der Waals surface area contributed by atoms with Gasteiger partial charge in [-0.1, -0.05) is 24.6 Å². The number of nitrogens with one attached hydrogen (secondary N) is 1. The highest BCUT2D eigenvalue weighted by Crippen LogP contribution is 2.32. The smallest absolute Gasteiger partial charge is 0.126 e. The highest BCUT2D eigenvalue weighted by Gasteiger charge is 2.19. The first kappa shape index (κ1) is 15.0. The van der Waals surface area contributed by atoms with Crippen LogP contribution in [-0.2, 0) is 0 Å². The molecule has 1 aromatic carbocycles. The number of aryl methyl sites for hydroxylation is 2. The minimum atomic E-state index is 0.332. The average Bonchev–Trinajstić information content (AvgIpc) is 2.28. The lowest BCUT2D eigenvalue weighted by atomic mass is 9.98. The molecule has 0 saturated carbocycles. The second-order valence-corrected chi connectivity index (χ2v) is 4.99. The van der Waals surface area contributed by atoms with Gasteiger partial charge in [0.2, 0.25) is 0 Å². The van der Waals surface area contributed by atoms with E-state index in [0.717, 1.165) is 18.8 Å². The topological polar surface area (TPSA) is 24.5 Å². The molecule has 3 heteroatoms. The van der Waals surface area contributed by atoms with Crippen molar-refractivity contribution in [2.75, 3.05) is 34.3 Å². The van der Waals surface area contributed by atoms with Gasteiger partial charge in [-0.15, -0.1) is 0 Å². The van der Waals surface area contributed by atoms with Gasteiger partial charge in [0.15, 0.2) is 0 Å². The number of hydrogen-bond donors (Lipinski definition) is 1. The lowest BCUT2D eigenvalue weighted by Crippen LogP contribution is -2.31. The monoisotopic (exact) mass is 250 g/mol. The average molecular weight is 250 g/mol. The van der Waals surface area contributed by atoms with Crippen LogP contribution in [0.15, 0.2) is 12.1 Å². The van der Waals surface area contributed by atoms with Gasteiger partial charge in [-0.25, -0.2) is 0 Å². The number of methoxy groups -OCH3 is 1. The maximum atomic E-state index is 5.59. The summed E-state index contributed by atoms with van der Waals surface area (Å²) in [6, 6.07) is 4.73. The Labute approximate surface area is 111 Å². The maximum absolute atomic E-state index is 5.59. The number of ether oxygens (including phenoxy) is 1. The molecule has 1 atom stereocenters. The van der Waals surface area contributed by atoms with Crippen molar-refractivity contribution in [3.8, 4) is 5.75 Å². The van der Waals surface area contributed by atoms with Crippen LogP contribution in [0, 0.1) is 13.8 Å². The van der Waals surface area contributed by atoms with Gasteiger partial charge < -0.3 is 15.0 Å². The molecule has 0 heterocycles. The van der Waals surface area contributed by atoms with Crippen LogP contribution in [-0.4, -0.2) is 39.2 Å². The molecule has 1 unspecified atom stereocenters. The third-order valence-electron chi connectivity index (χ3n) is 3.22. The molecular weight excluding hydrogens is 224 g/mol. The highest BCUT2D eigenvalue weighted by atomic mass is 16.5. The van der Waals surface area contributed by atoms with Crippen LogP contribution in [0.5, 0.6) is 5.75 Å². The number of likely N-dealkylation sites (N-methyl/N-ethyl adjacent to an activating group) is 2. The predicted octanol–water partition coefficient (Wildman–Crippen LogP) is 2.52. The minimum Gasteiger partial charge on any atom is -0.496 e. The zero-order valence-electron chi connectivity index (χ0n) is 12.5. The molecule has 0 aliphatic heterocycles. The van der Waals surface area contributed by atoms with E-state index in [9.17, 15) is 0 Å². The van der Waals surface area contributed by atoms with E-state index in [2.05, 4.69) is 57.2 Å². The molecule has 0 aliphatic carbocycles. The Kier molecular flexibility index (Phi) is 5.63. The fraction of sp³-hybridized carbons (Fsp3) is 0.600. The van der Waals surface area contributed by atoms with Crippen molar-refractivity contribution >= 4 is 0 Å². The molecule has 0 saturated heterocycles. The largest absolute Gasteiger partial charge is 0.496 e. The van der Waals surface area contributed by atoms with Crippen molar-refractivity contribution in [3.63, 3.8) is 0 Å². The Bertz CT molecular complexity index is 388. The Hall–Kier alpha value is -1.06. The zero-order valence-corrected chi connectivity index (χ0v) is 12.5. The lowest BCUT2D eigenvalue weighted by Gasteiger charge is -2.27. The van der Waals surface area contributed by atoms with Gasteiger partial charge in [-0.3, -0.25) is 0 Å². The van der Waals surface area contributed by atoms with Gasteiger partial charge in [0.1, 0.15) is 5.75 Å². The van der Waals surface area contributed by atoms with Gasteiger partial charge in [0.25, 0.3) is 0 Å². The molecule has 18 heavy (non-hydrogen) atoms. The summed E-state index contributed by atoms with van der Waals surface area (Å²) in [5, 5.41) is 3.42. The van der Waals surface area contributed by atoms with Crippen LogP contribution in [0.2, 0.25) is 0 Å². The summed E-state index contributed by atoms with van der Waals surface area (Å²) in [5.74, 6) is 1.01. The van der Waals surface area contributed by atoms with Gasteiger partial charge in [-0.2, -0.15) is 0 Å². The van der Waals surface area contributed by atoms with Crippen LogP contribution in [0.1, 0.15) is 29.7 Å². The van der Waals surface area contributed by atoms with E-state index < -0.39 is 0 Å². The van der Waals surface area contributed by atoms with Crippen LogP contribution in [0.25, 0.3) is 0 Å². The Morgan fingerprint density at radius 1 is 1.28 bits per heavy atom. The summed E-state index contributed by atoms with van der Waals surface area (Å²) in [6.07, 6.45) is 0. The minimum absolute atomic E-state index is 0.332. The SMILES string of the molecule is CCNCC(c1cc(C)cc(C)c1OC)N(C)C. The molecule has 0 fully saturated rings. The maximum Gasteiger partial charge on any atom is 0.126 e. The fourth-order valence-corrected chi connectivity index (χ4v) is 2.37. The zero-order chi connectivity index (χ0) is 13.7. The van der Waals surface area contributed by atoms with Gasteiger partial charge in [0.05, 0.1) is 13.2 Å². The second kappa shape index (κ2) is 6.76. The molecule has 1 aromatic rings. The molecule has 1 rings (SSSR count). The van der Waals surface area contributed by atoms with E-state index in [1.165, 1.54) is 16.7 Å². The Morgan fingerprint density at radius 3 is 2.44 bits per heavy atom. The summed E-state index contributed by atoms with van der Waals surface area (Å²) in [7, 11) is 5.97. The number of rotatable bonds is 6. The molecule has 1 N–H and O–H groups in total. The van der Waals surface area contributed by atoms with Crippen molar-refractivity contribution in [3.05, 3.63) is 28.8 Å². The number of benzene rings is 1. The van der Waals surface area contributed by atoms with E-state index in [0.29, 0.717) is 6.04 Å². The molecule has 0 amide bonds. The van der Waals surface area contributed by atoms with E-state index in [1.54, 1.807) is 7.11 Å². The van der Waals surface area contributed by atoms with E-state index in [4.69, 9.17) is 4.74 Å². The predicted molar refractivity (Wildman–Crippen MR) is 77.4 cm³/mol.